The number of carbonyl (C=O) groups is 1. The van der Waals surface area contributed by atoms with Gasteiger partial charge in [0.05, 0.1) is 30.3 Å². The molecule has 1 aliphatic rings. The van der Waals surface area contributed by atoms with Gasteiger partial charge in [-0.05, 0) is 32.5 Å². The fourth-order valence-electron chi connectivity index (χ4n) is 2.72. The number of likely N-dealkylation sites (tertiary alicyclic amines) is 1. The Bertz CT molecular complexity index is 585. The number of nitro groups is 1. The number of non-ortho nitro benzene ring substituents is 1. The lowest BCUT2D eigenvalue weighted by molar-refractivity contribution is -0.384. The zero-order valence-electron chi connectivity index (χ0n) is 13.8. The molecule has 1 atom stereocenters. The van der Waals surface area contributed by atoms with Crippen molar-refractivity contribution in [3.8, 4) is 5.75 Å². The number of hydrogen-bond donors (Lipinski definition) is 2. The van der Waals surface area contributed by atoms with Gasteiger partial charge < -0.3 is 15.4 Å². The summed E-state index contributed by atoms with van der Waals surface area (Å²) in [7, 11) is 3.34. The van der Waals surface area contributed by atoms with Crippen molar-refractivity contribution in [1.29, 1.82) is 0 Å². The number of nitro benzene ring substituents is 1. The zero-order chi connectivity index (χ0) is 16.8. The first-order chi connectivity index (χ1) is 11.0. The number of piperidine rings is 1. The predicted octanol–water partition coefficient (Wildman–Crippen LogP) is 1.65. The Balaban J connectivity index is 0.00000288. The Morgan fingerprint density at radius 3 is 2.88 bits per heavy atom. The van der Waals surface area contributed by atoms with Crippen molar-refractivity contribution in [3.05, 3.63) is 28.3 Å². The Hall–Kier alpha value is -1.90. The lowest BCUT2D eigenvalue weighted by atomic mass is 10.1. The van der Waals surface area contributed by atoms with Crippen LogP contribution < -0.4 is 15.4 Å². The molecule has 9 heteroatoms. The number of benzene rings is 1. The fraction of sp³-hybridized carbons (Fsp3) is 0.533. The average molecular weight is 359 g/mol. The van der Waals surface area contributed by atoms with E-state index in [0.29, 0.717) is 18.3 Å². The van der Waals surface area contributed by atoms with Gasteiger partial charge in [0, 0.05) is 18.7 Å². The second-order valence-electron chi connectivity index (χ2n) is 5.55. The van der Waals surface area contributed by atoms with Gasteiger partial charge in [-0.2, -0.15) is 0 Å². The van der Waals surface area contributed by atoms with Gasteiger partial charge in [-0.3, -0.25) is 19.8 Å². The van der Waals surface area contributed by atoms with Crippen molar-refractivity contribution in [1.82, 2.24) is 10.2 Å². The molecule has 1 aromatic rings. The summed E-state index contributed by atoms with van der Waals surface area (Å²) in [5.41, 5.74) is 0.359. The molecule has 1 fully saturated rings. The summed E-state index contributed by atoms with van der Waals surface area (Å²) in [6.07, 6.45) is 2.17. The number of carbonyl (C=O) groups excluding carboxylic acids is 1. The number of amides is 1. The minimum Gasteiger partial charge on any atom is -0.494 e. The molecule has 0 radical (unpaired) electrons. The average Bonchev–Trinajstić information content (AvgIpc) is 2.55. The minimum atomic E-state index is -0.500. The highest BCUT2D eigenvalue weighted by Crippen LogP contribution is 2.28. The van der Waals surface area contributed by atoms with Gasteiger partial charge in [0.1, 0.15) is 5.75 Å². The predicted molar refractivity (Wildman–Crippen MR) is 94.0 cm³/mol. The van der Waals surface area contributed by atoms with Crippen LogP contribution in [0.4, 0.5) is 11.4 Å². The number of rotatable bonds is 6. The van der Waals surface area contributed by atoms with E-state index in [1.165, 1.54) is 25.3 Å². The molecule has 2 rings (SSSR count). The van der Waals surface area contributed by atoms with Gasteiger partial charge in [-0.15, -0.1) is 12.4 Å². The number of nitrogens with one attached hydrogen (secondary N) is 2. The van der Waals surface area contributed by atoms with Crippen molar-refractivity contribution < 1.29 is 14.5 Å². The third-order valence-corrected chi connectivity index (χ3v) is 3.95. The summed E-state index contributed by atoms with van der Waals surface area (Å²) in [5.74, 6) is 0.119. The molecule has 0 spiro atoms. The van der Waals surface area contributed by atoms with Crippen LogP contribution in [0.5, 0.6) is 5.75 Å². The van der Waals surface area contributed by atoms with Crippen LogP contribution in [-0.2, 0) is 4.79 Å². The van der Waals surface area contributed by atoms with E-state index in [2.05, 4.69) is 15.5 Å². The topological polar surface area (TPSA) is 96.7 Å². The molecule has 0 saturated carbocycles. The van der Waals surface area contributed by atoms with Crippen LogP contribution in [0.1, 0.15) is 12.8 Å². The van der Waals surface area contributed by atoms with Crippen LogP contribution in [0.25, 0.3) is 0 Å². The lowest BCUT2D eigenvalue weighted by Crippen LogP contribution is -2.46. The number of anilines is 1. The molecular formula is C15H23ClN4O4. The van der Waals surface area contributed by atoms with Crippen LogP contribution >= 0.6 is 12.4 Å². The maximum Gasteiger partial charge on any atom is 0.273 e. The number of methoxy groups -OCH3 is 1. The highest BCUT2D eigenvalue weighted by molar-refractivity contribution is 5.93. The molecule has 1 heterocycles. The largest absolute Gasteiger partial charge is 0.494 e. The van der Waals surface area contributed by atoms with Gasteiger partial charge in [0.25, 0.3) is 5.69 Å². The lowest BCUT2D eigenvalue weighted by Gasteiger charge is -2.31. The number of nitrogens with zero attached hydrogens (tertiary/aromatic N) is 2. The zero-order valence-corrected chi connectivity index (χ0v) is 14.6. The van der Waals surface area contributed by atoms with Crippen LogP contribution in [0.15, 0.2) is 18.2 Å². The van der Waals surface area contributed by atoms with E-state index < -0.39 is 4.92 Å². The molecule has 1 aromatic carbocycles. The summed E-state index contributed by atoms with van der Waals surface area (Å²) < 4.78 is 5.12. The summed E-state index contributed by atoms with van der Waals surface area (Å²) in [6, 6.07) is 4.54. The van der Waals surface area contributed by atoms with Gasteiger partial charge in [-0.25, -0.2) is 0 Å². The normalized spacial score (nSPS) is 17.7. The first kappa shape index (κ1) is 20.1. The standard InChI is InChI=1S/C15H22N4O4.ClH/c1-16-11-4-3-7-18(9-11)10-15(20)17-13-6-5-12(19(21)22)8-14(13)23-2;/h5-6,8,11,16H,3-4,7,9-10H2,1-2H3,(H,17,20);1H. The van der Waals surface area contributed by atoms with E-state index in [-0.39, 0.29) is 29.8 Å². The molecule has 24 heavy (non-hydrogen) atoms. The van der Waals surface area contributed by atoms with Gasteiger partial charge in [0.15, 0.2) is 0 Å². The third-order valence-electron chi connectivity index (χ3n) is 3.95. The van der Waals surface area contributed by atoms with Gasteiger partial charge in [0.2, 0.25) is 5.91 Å². The quantitative estimate of drug-likeness (QED) is 0.593. The molecule has 1 amide bonds. The summed E-state index contributed by atoms with van der Waals surface area (Å²) >= 11 is 0. The molecule has 0 bridgehead atoms. The molecule has 1 saturated heterocycles. The highest BCUT2D eigenvalue weighted by atomic mass is 35.5. The molecule has 1 unspecified atom stereocenters. The molecule has 1 aliphatic heterocycles. The van der Waals surface area contributed by atoms with E-state index in [9.17, 15) is 14.9 Å². The second kappa shape index (κ2) is 9.41. The molecule has 134 valence electrons. The summed E-state index contributed by atoms with van der Waals surface area (Å²) in [6.45, 7) is 2.02. The van der Waals surface area contributed by atoms with Crippen molar-refractivity contribution in [2.75, 3.05) is 39.1 Å². The maximum atomic E-state index is 12.2. The Labute approximate surface area is 147 Å². The first-order valence-corrected chi connectivity index (χ1v) is 7.55. The number of likely N-dealkylation sites (N-methyl/N-ethyl adjacent to an activating group) is 1. The number of halogens is 1. The van der Waals surface area contributed by atoms with E-state index in [0.717, 1.165) is 25.9 Å². The molecule has 0 aromatic heterocycles. The van der Waals surface area contributed by atoms with Crippen molar-refractivity contribution >= 4 is 29.7 Å². The molecule has 2 N–H and O–H groups in total. The highest BCUT2D eigenvalue weighted by Gasteiger charge is 2.21. The van der Waals surface area contributed by atoms with Crippen LogP contribution in [0, 0.1) is 10.1 Å². The second-order valence-corrected chi connectivity index (χ2v) is 5.55. The van der Waals surface area contributed by atoms with E-state index >= 15 is 0 Å². The van der Waals surface area contributed by atoms with Gasteiger partial charge >= 0.3 is 0 Å². The van der Waals surface area contributed by atoms with Crippen molar-refractivity contribution in [2.24, 2.45) is 0 Å². The maximum absolute atomic E-state index is 12.2. The van der Waals surface area contributed by atoms with E-state index in [1.807, 2.05) is 7.05 Å². The number of ether oxygens (including phenoxy) is 1. The van der Waals surface area contributed by atoms with Crippen molar-refractivity contribution in [2.45, 2.75) is 18.9 Å². The van der Waals surface area contributed by atoms with Crippen LogP contribution in [0.2, 0.25) is 0 Å². The smallest absolute Gasteiger partial charge is 0.273 e. The van der Waals surface area contributed by atoms with Crippen LogP contribution in [-0.4, -0.2) is 55.6 Å². The monoisotopic (exact) mass is 358 g/mol. The Morgan fingerprint density at radius 2 is 2.25 bits per heavy atom. The van der Waals surface area contributed by atoms with E-state index in [4.69, 9.17) is 4.74 Å². The summed E-state index contributed by atoms with van der Waals surface area (Å²) in [4.78, 5) is 24.6. The first-order valence-electron chi connectivity index (χ1n) is 7.55. The SMILES string of the molecule is CNC1CCCN(CC(=O)Nc2ccc([N+](=O)[O-])cc2OC)C1.Cl. The van der Waals surface area contributed by atoms with Crippen LogP contribution in [0.3, 0.4) is 0 Å². The Morgan fingerprint density at radius 1 is 1.50 bits per heavy atom. The third kappa shape index (κ3) is 5.33. The number of hydrogen-bond acceptors (Lipinski definition) is 6. The van der Waals surface area contributed by atoms with Crippen molar-refractivity contribution in [3.63, 3.8) is 0 Å². The molecular weight excluding hydrogens is 336 g/mol. The summed E-state index contributed by atoms with van der Waals surface area (Å²) in [5, 5.41) is 16.8. The fourth-order valence-corrected chi connectivity index (χ4v) is 2.72. The Kier molecular flexibility index (Phi) is 7.90. The minimum absolute atomic E-state index is 0. The van der Waals surface area contributed by atoms with Gasteiger partial charge in [-0.1, -0.05) is 0 Å². The molecule has 8 nitrogen and oxygen atoms in total. The van der Waals surface area contributed by atoms with E-state index in [1.54, 1.807) is 0 Å². The molecule has 0 aliphatic carbocycles.